The van der Waals surface area contributed by atoms with E-state index < -0.39 is 11.7 Å². The Morgan fingerprint density at radius 3 is 2.41 bits per heavy atom. The number of anilines is 1. The van der Waals surface area contributed by atoms with Crippen molar-refractivity contribution in [2.45, 2.75) is 25.4 Å². The summed E-state index contributed by atoms with van der Waals surface area (Å²) in [5.74, 6) is -1.47. The highest BCUT2D eigenvalue weighted by atomic mass is 19.1. The van der Waals surface area contributed by atoms with Gasteiger partial charge in [0.15, 0.2) is 17.3 Å². The second kappa shape index (κ2) is 14.3. The van der Waals surface area contributed by atoms with Crippen LogP contribution in [0.3, 0.4) is 0 Å². The van der Waals surface area contributed by atoms with Crippen LogP contribution in [0.15, 0.2) is 72.8 Å². The molecule has 11 nitrogen and oxygen atoms in total. The maximum atomic E-state index is 13.7. The van der Waals surface area contributed by atoms with Crippen molar-refractivity contribution >= 4 is 17.8 Å². The number of phenolic OH excluding ortho intramolecular Hbond substituents is 1. The van der Waals surface area contributed by atoms with E-state index in [1.165, 1.54) is 12.6 Å². The number of halogens is 1. The minimum absolute atomic E-state index is 0.0465. The fraction of sp³-hybridized carbons (Fsp3) is 0.206. The number of pyridine rings is 2. The summed E-state index contributed by atoms with van der Waals surface area (Å²) >= 11 is 0. The predicted molar refractivity (Wildman–Crippen MR) is 168 cm³/mol. The lowest BCUT2D eigenvalue weighted by Crippen LogP contribution is -2.42. The summed E-state index contributed by atoms with van der Waals surface area (Å²) in [4.78, 5) is 22.2. The second-order valence-corrected chi connectivity index (χ2v) is 10.6. The molecule has 1 aliphatic heterocycles. The molecular weight excluding hydrogens is 589 g/mol. The standard InChI is InChI=1S/C34H30FN7O4/c1-46-31-9-7-23(15-30(31)43)28-20-40-33(27(17-37)32(28)24-6-8-26(16-36)39-19-24)42-12-10-25(11-13-42)38-18-22-4-2-21(3-5-22)14-29(35)34(44)41-45/h2-9,14-15,19-20,25,38,43,45H,10-13,18H2,1H3,(H,41,44)/b29-14-. The molecule has 46 heavy (non-hydrogen) atoms. The van der Waals surface area contributed by atoms with Crippen molar-refractivity contribution < 1.29 is 24.2 Å². The Morgan fingerprint density at radius 1 is 1.07 bits per heavy atom. The molecule has 1 amide bonds. The normalized spacial score (nSPS) is 13.5. The number of hydrogen-bond acceptors (Lipinski definition) is 10. The first-order chi connectivity index (χ1) is 22.3. The monoisotopic (exact) mass is 619 g/mol. The number of carbonyl (C=O) groups is 1. The van der Waals surface area contributed by atoms with Gasteiger partial charge < -0.3 is 20.1 Å². The van der Waals surface area contributed by atoms with Crippen LogP contribution in [0, 0.1) is 22.7 Å². The number of amides is 1. The second-order valence-electron chi connectivity index (χ2n) is 10.6. The molecule has 2 aromatic heterocycles. The first-order valence-corrected chi connectivity index (χ1v) is 14.4. The van der Waals surface area contributed by atoms with Crippen molar-refractivity contribution in [3.8, 4) is 45.9 Å². The molecule has 5 rings (SSSR count). The van der Waals surface area contributed by atoms with Crippen LogP contribution >= 0.6 is 0 Å². The van der Waals surface area contributed by atoms with Crippen molar-refractivity contribution in [2.24, 2.45) is 0 Å². The summed E-state index contributed by atoms with van der Waals surface area (Å²) in [6, 6.07) is 20.0. The molecule has 1 fully saturated rings. The SMILES string of the molecule is COc1ccc(-c2cnc(N3CCC(NCc4ccc(/C=C(\F)C(=O)NO)cc4)CC3)c(C#N)c2-c2ccc(C#N)nc2)cc1O. The molecule has 0 unspecified atom stereocenters. The van der Waals surface area contributed by atoms with Gasteiger partial charge in [0.2, 0.25) is 0 Å². The molecule has 0 bridgehead atoms. The topological polar surface area (TPSA) is 167 Å². The smallest absolute Gasteiger partial charge is 0.303 e. The number of carbonyl (C=O) groups excluding carboxylic acids is 1. The summed E-state index contributed by atoms with van der Waals surface area (Å²) in [6.07, 6.45) is 5.90. The molecule has 0 spiro atoms. The number of methoxy groups -OCH3 is 1. The Hall–Kier alpha value is -5.82. The number of hydrogen-bond donors (Lipinski definition) is 4. The van der Waals surface area contributed by atoms with Crippen LogP contribution in [-0.4, -0.2) is 52.4 Å². The quantitative estimate of drug-likeness (QED) is 0.116. The van der Waals surface area contributed by atoms with E-state index in [-0.39, 0.29) is 17.5 Å². The summed E-state index contributed by atoms with van der Waals surface area (Å²) in [5, 5.41) is 42.3. The zero-order chi connectivity index (χ0) is 32.6. The van der Waals surface area contributed by atoms with Gasteiger partial charge in [0.1, 0.15) is 29.2 Å². The van der Waals surface area contributed by atoms with E-state index >= 15 is 0 Å². The number of hydroxylamine groups is 1. The summed E-state index contributed by atoms with van der Waals surface area (Å²) in [7, 11) is 1.47. The molecule has 232 valence electrons. The van der Waals surface area contributed by atoms with Crippen LogP contribution in [0.2, 0.25) is 0 Å². The molecule has 1 aliphatic rings. The van der Waals surface area contributed by atoms with Crippen LogP contribution in [-0.2, 0) is 11.3 Å². The van der Waals surface area contributed by atoms with E-state index in [2.05, 4.69) is 21.3 Å². The van der Waals surface area contributed by atoms with Crippen molar-refractivity contribution in [3.63, 3.8) is 0 Å². The number of piperidine rings is 1. The van der Waals surface area contributed by atoms with Crippen LogP contribution in [0.25, 0.3) is 28.3 Å². The van der Waals surface area contributed by atoms with Gasteiger partial charge in [-0.3, -0.25) is 10.0 Å². The van der Waals surface area contributed by atoms with Gasteiger partial charge >= 0.3 is 5.91 Å². The number of nitriles is 2. The number of ether oxygens (including phenoxy) is 1. The van der Waals surface area contributed by atoms with E-state index in [9.17, 15) is 24.8 Å². The molecule has 4 aromatic rings. The van der Waals surface area contributed by atoms with Crippen molar-refractivity contribution in [1.29, 1.82) is 10.5 Å². The van der Waals surface area contributed by atoms with E-state index in [0.717, 1.165) is 24.5 Å². The Kier molecular flexibility index (Phi) is 9.83. The van der Waals surface area contributed by atoms with Gasteiger partial charge in [-0.25, -0.2) is 19.8 Å². The molecular formula is C34H30FN7O4. The third kappa shape index (κ3) is 6.94. The lowest BCUT2D eigenvalue weighted by molar-refractivity contribution is -0.126. The fourth-order valence-electron chi connectivity index (χ4n) is 5.39. The first kappa shape index (κ1) is 31.6. The molecule has 4 N–H and O–H groups in total. The Balaban J connectivity index is 1.34. The lowest BCUT2D eigenvalue weighted by atomic mass is 9.92. The largest absolute Gasteiger partial charge is 0.504 e. The predicted octanol–water partition coefficient (Wildman–Crippen LogP) is 4.84. The lowest BCUT2D eigenvalue weighted by Gasteiger charge is -2.34. The van der Waals surface area contributed by atoms with E-state index in [0.29, 0.717) is 64.6 Å². The summed E-state index contributed by atoms with van der Waals surface area (Å²) in [6.45, 7) is 1.90. The third-order valence-corrected chi connectivity index (χ3v) is 7.81. The molecule has 12 heteroatoms. The van der Waals surface area contributed by atoms with Crippen LogP contribution < -0.4 is 20.4 Å². The number of aromatic nitrogens is 2. The summed E-state index contributed by atoms with van der Waals surface area (Å²) < 4.78 is 18.9. The van der Waals surface area contributed by atoms with E-state index in [4.69, 9.17) is 14.9 Å². The van der Waals surface area contributed by atoms with Gasteiger partial charge in [0, 0.05) is 54.8 Å². The molecule has 2 aromatic carbocycles. The zero-order valence-corrected chi connectivity index (χ0v) is 24.9. The minimum Gasteiger partial charge on any atom is -0.504 e. The van der Waals surface area contributed by atoms with Gasteiger partial charge in [-0.05, 0) is 59.9 Å². The van der Waals surface area contributed by atoms with Gasteiger partial charge in [-0.2, -0.15) is 10.5 Å². The fourth-order valence-corrected chi connectivity index (χ4v) is 5.39. The van der Waals surface area contributed by atoms with E-state index in [1.54, 1.807) is 54.9 Å². The van der Waals surface area contributed by atoms with Crippen LogP contribution in [0.1, 0.15) is 35.2 Å². The van der Waals surface area contributed by atoms with Crippen molar-refractivity contribution in [3.05, 3.63) is 95.2 Å². The molecule has 1 saturated heterocycles. The highest BCUT2D eigenvalue weighted by molar-refractivity contribution is 5.94. The molecule has 3 heterocycles. The first-order valence-electron chi connectivity index (χ1n) is 14.4. The minimum atomic E-state index is -1.20. The maximum Gasteiger partial charge on any atom is 0.303 e. The third-order valence-electron chi connectivity index (χ3n) is 7.81. The highest BCUT2D eigenvalue weighted by Crippen LogP contribution is 2.40. The maximum absolute atomic E-state index is 13.7. The number of nitrogens with one attached hydrogen (secondary N) is 2. The zero-order valence-electron chi connectivity index (χ0n) is 24.9. The molecule has 0 aliphatic carbocycles. The molecule has 0 atom stereocenters. The van der Waals surface area contributed by atoms with Crippen LogP contribution in [0.5, 0.6) is 11.5 Å². The number of benzene rings is 2. The molecule has 0 saturated carbocycles. The Bertz CT molecular complexity index is 1840. The Morgan fingerprint density at radius 2 is 1.80 bits per heavy atom. The van der Waals surface area contributed by atoms with Crippen molar-refractivity contribution in [1.82, 2.24) is 20.8 Å². The average Bonchev–Trinajstić information content (AvgIpc) is 3.10. The van der Waals surface area contributed by atoms with E-state index in [1.807, 2.05) is 18.2 Å². The Labute approximate surface area is 264 Å². The summed E-state index contributed by atoms with van der Waals surface area (Å²) in [5.41, 5.74) is 5.87. The van der Waals surface area contributed by atoms with Gasteiger partial charge in [0.05, 0.1) is 7.11 Å². The van der Waals surface area contributed by atoms with Crippen LogP contribution in [0.4, 0.5) is 10.2 Å². The average molecular weight is 620 g/mol. The van der Waals surface area contributed by atoms with Gasteiger partial charge in [0.25, 0.3) is 0 Å². The number of aromatic hydroxyl groups is 1. The van der Waals surface area contributed by atoms with Gasteiger partial charge in [-0.15, -0.1) is 0 Å². The molecule has 0 radical (unpaired) electrons. The van der Waals surface area contributed by atoms with Gasteiger partial charge in [-0.1, -0.05) is 30.3 Å². The van der Waals surface area contributed by atoms with Crippen molar-refractivity contribution in [2.75, 3.05) is 25.1 Å². The highest BCUT2D eigenvalue weighted by Gasteiger charge is 2.26. The number of phenols is 1. The number of rotatable bonds is 9. The number of nitrogens with zero attached hydrogens (tertiary/aromatic N) is 5.